The summed E-state index contributed by atoms with van der Waals surface area (Å²) in [7, 11) is 0. The number of rotatable bonds is 3. The van der Waals surface area contributed by atoms with Crippen molar-refractivity contribution in [3.05, 3.63) is 24.2 Å². The molecule has 2 aromatic rings. The van der Waals surface area contributed by atoms with Crippen LogP contribution in [-0.2, 0) is 0 Å². The Morgan fingerprint density at radius 1 is 1.43 bits per heavy atom. The van der Waals surface area contributed by atoms with Crippen molar-refractivity contribution in [3.63, 3.8) is 0 Å². The van der Waals surface area contributed by atoms with E-state index in [4.69, 9.17) is 4.52 Å². The second kappa shape index (κ2) is 5.79. The molecule has 0 bridgehead atoms. The van der Waals surface area contributed by atoms with Crippen LogP contribution in [0.5, 0.6) is 0 Å². The highest BCUT2D eigenvalue weighted by molar-refractivity contribution is 5.58. The molecular formula is C15H19FN4O. The van der Waals surface area contributed by atoms with Gasteiger partial charge < -0.3 is 9.42 Å². The van der Waals surface area contributed by atoms with E-state index < -0.39 is 6.17 Å². The molecule has 1 fully saturated rings. The molecule has 1 aliphatic heterocycles. The van der Waals surface area contributed by atoms with E-state index in [-0.39, 0.29) is 5.92 Å². The van der Waals surface area contributed by atoms with E-state index in [1.165, 1.54) is 0 Å². The first-order chi connectivity index (χ1) is 10.1. The van der Waals surface area contributed by atoms with E-state index in [0.29, 0.717) is 24.7 Å². The smallest absolute Gasteiger partial charge is 0.258 e. The summed E-state index contributed by atoms with van der Waals surface area (Å²) >= 11 is 0. The van der Waals surface area contributed by atoms with Crippen LogP contribution in [0.1, 0.15) is 38.4 Å². The zero-order valence-electron chi connectivity index (χ0n) is 12.3. The number of hydrogen-bond donors (Lipinski definition) is 0. The van der Waals surface area contributed by atoms with Gasteiger partial charge in [-0.05, 0) is 25.0 Å². The van der Waals surface area contributed by atoms with Gasteiger partial charge in [0.1, 0.15) is 12.0 Å². The molecule has 3 rings (SSSR count). The van der Waals surface area contributed by atoms with Crippen LogP contribution in [0, 0.1) is 0 Å². The molecule has 0 aliphatic carbocycles. The maximum absolute atomic E-state index is 13.5. The average Bonchev–Trinajstić information content (AvgIpc) is 2.97. The average molecular weight is 290 g/mol. The van der Waals surface area contributed by atoms with Gasteiger partial charge >= 0.3 is 0 Å². The monoisotopic (exact) mass is 290 g/mol. The summed E-state index contributed by atoms with van der Waals surface area (Å²) in [5.41, 5.74) is 0.820. The van der Waals surface area contributed by atoms with Crippen LogP contribution in [0.4, 0.5) is 10.2 Å². The number of nitrogens with zero attached hydrogens (tertiary/aromatic N) is 4. The summed E-state index contributed by atoms with van der Waals surface area (Å²) in [6.45, 7) is 5.26. The SMILES string of the molecule is CC(C)c1noc(-c2ccnc(N3CCCC(F)C3)c2)n1. The van der Waals surface area contributed by atoms with Gasteiger partial charge in [-0.3, -0.25) is 0 Å². The van der Waals surface area contributed by atoms with Crippen LogP contribution in [0.25, 0.3) is 11.5 Å². The normalized spacial score (nSPS) is 19.2. The summed E-state index contributed by atoms with van der Waals surface area (Å²) in [6.07, 6.45) is 2.41. The van der Waals surface area contributed by atoms with Crippen molar-refractivity contribution in [2.45, 2.75) is 38.8 Å². The van der Waals surface area contributed by atoms with Crippen molar-refractivity contribution >= 4 is 5.82 Å². The first kappa shape index (κ1) is 14.0. The van der Waals surface area contributed by atoms with Gasteiger partial charge in [-0.1, -0.05) is 19.0 Å². The van der Waals surface area contributed by atoms with Crippen molar-refractivity contribution in [1.82, 2.24) is 15.1 Å². The minimum atomic E-state index is -0.778. The van der Waals surface area contributed by atoms with E-state index in [1.807, 2.05) is 30.9 Å². The van der Waals surface area contributed by atoms with Gasteiger partial charge in [0.2, 0.25) is 0 Å². The molecule has 0 N–H and O–H groups in total. The molecule has 0 saturated carbocycles. The quantitative estimate of drug-likeness (QED) is 0.869. The molecule has 0 radical (unpaired) electrons. The minimum Gasteiger partial charge on any atom is -0.354 e. The van der Waals surface area contributed by atoms with Crippen molar-refractivity contribution in [1.29, 1.82) is 0 Å². The molecule has 112 valence electrons. The molecule has 21 heavy (non-hydrogen) atoms. The van der Waals surface area contributed by atoms with Crippen molar-refractivity contribution < 1.29 is 8.91 Å². The van der Waals surface area contributed by atoms with E-state index in [1.54, 1.807) is 6.20 Å². The van der Waals surface area contributed by atoms with E-state index >= 15 is 0 Å². The third-order valence-electron chi connectivity index (χ3n) is 3.64. The van der Waals surface area contributed by atoms with Crippen LogP contribution in [0.15, 0.2) is 22.9 Å². The standard InChI is InChI=1S/C15H19FN4O/c1-10(2)14-18-15(21-19-14)11-5-6-17-13(8-11)20-7-3-4-12(16)9-20/h5-6,8,10,12H,3-4,7,9H2,1-2H3. The summed E-state index contributed by atoms with van der Waals surface area (Å²) in [5.74, 6) is 2.15. The van der Waals surface area contributed by atoms with Gasteiger partial charge in [-0.15, -0.1) is 0 Å². The number of anilines is 1. The van der Waals surface area contributed by atoms with E-state index in [2.05, 4.69) is 15.1 Å². The fourth-order valence-electron chi connectivity index (χ4n) is 2.44. The highest BCUT2D eigenvalue weighted by atomic mass is 19.1. The van der Waals surface area contributed by atoms with Crippen molar-refractivity contribution in [3.8, 4) is 11.5 Å². The van der Waals surface area contributed by atoms with Crippen LogP contribution in [0.2, 0.25) is 0 Å². The Hall–Kier alpha value is -1.98. The number of piperidine rings is 1. The Morgan fingerprint density at radius 3 is 3.00 bits per heavy atom. The fraction of sp³-hybridized carbons (Fsp3) is 0.533. The Balaban J connectivity index is 1.85. The zero-order chi connectivity index (χ0) is 14.8. The largest absolute Gasteiger partial charge is 0.354 e. The Bertz CT molecular complexity index is 613. The van der Waals surface area contributed by atoms with Gasteiger partial charge in [0.25, 0.3) is 5.89 Å². The van der Waals surface area contributed by atoms with Crippen LogP contribution in [-0.4, -0.2) is 34.4 Å². The molecular weight excluding hydrogens is 271 g/mol. The van der Waals surface area contributed by atoms with Crippen LogP contribution < -0.4 is 4.90 Å². The van der Waals surface area contributed by atoms with Crippen molar-refractivity contribution in [2.24, 2.45) is 0 Å². The first-order valence-corrected chi connectivity index (χ1v) is 7.32. The molecule has 0 aromatic carbocycles. The number of halogens is 1. The number of alkyl halides is 1. The van der Waals surface area contributed by atoms with Gasteiger partial charge in [0.05, 0.1) is 6.54 Å². The lowest BCUT2D eigenvalue weighted by Crippen LogP contribution is -2.36. The fourth-order valence-corrected chi connectivity index (χ4v) is 2.44. The topological polar surface area (TPSA) is 55.1 Å². The molecule has 1 saturated heterocycles. The lowest BCUT2D eigenvalue weighted by molar-refractivity contribution is 0.286. The minimum absolute atomic E-state index is 0.221. The summed E-state index contributed by atoms with van der Waals surface area (Å²) in [6, 6.07) is 3.72. The number of aromatic nitrogens is 3. The molecule has 3 heterocycles. The molecule has 1 aliphatic rings. The van der Waals surface area contributed by atoms with Gasteiger partial charge in [-0.25, -0.2) is 9.37 Å². The maximum atomic E-state index is 13.5. The summed E-state index contributed by atoms with van der Waals surface area (Å²) < 4.78 is 18.8. The molecule has 0 spiro atoms. The predicted octanol–water partition coefficient (Wildman–Crippen LogP) is 3.19. The Labute approximate surface area is 123 Å². The second-order valence-corrected chi connectivity index (χ2v) is 5.70. The highest BCUT2D eigenvalue weighted by Gasteiger charge is 2.21. The van der Waals surface area contributed by atoms with Crippen LogP contribution >= 0.6 is 0 Å². The number of pyridine rings is 1. The van der Waals surface area contributed by atoms with Gasteiger partial charge in [-0.2, -0.15) is 4.98 Å². The van der Waals surface area contributed by atoms with Gasteiger partial charge in [0.15, 0.2) is 5.82 Å². The van der Waals surface area contributed by atoms with E-state index in [9.17, 15) is 4.39 Å². The van der Waals surface area contributed by atoms with Gasteiger partial charge in [0, 0.05) is 24.2 Å². The maximum Gasteiger partial charge on any atom is 0.258 e. The molecule has 6 heteroatoms. The second-order valence-electron chi connectivity index (χ2n) is 5.70. The predicted molar refractivity (Wildman–Crippen MR) is 78.0 cm³/mol. The van der Waals surface area contributed by atoms with Crippen molar-refractivity contribution in [2.75, 3.05) is 18.0 Å². The molecule has 5 nitrogen and oxygen atoms in total. The number of hydrogen-bond acceptors (Lipinski definition) is 5. The third-order valence-corrected chi connectivity index (χ3v) is 3.64. The highest BCUT2D eigenvalue weighted by Crippen LogP contribution is 2.25. The molecule has 0 amide bonds. The van der Waals surface area contributed by atoms with E-state index in [0.717, 1.165) is 24.3 Å². The molecule has 1 unspecified atom stereocenters. The zero-order valence-corrected chi connectivity index (χ0v) is 12.3. The molecule has 2 aromatic heterocycles. The lowest BCUT2D eigenvalue weighted by Gasteiger charge is -2.30. The lowest BCUT2D eigenvalue weighted by atomic mass is 10.1. The summed E-state index contributed by atoms with van der Waals surface area (Å²) in [5, 5.41) is 3.97. The molecule has 1 atom stereocenters. The summed E-state index contributed by atoms with van der Waals surface area (Å²) in [4.78, 5) is 10.7. The third kappa shape index (κ3) is 3.04. The van der Waals surface area contributed by atoms with Crippen LogP contribution in [0.3, 0.4) is 0 Å². The Morgan fingerprint density at radius 2 is 2.29 bits per heavy atom. The first-order valence-electron chi connectivity index (χ1n) is 7.32. The Kier molecular flexibility index (Phi) is 3.86.